The van der Waals surface area contributed by atoms with Gasteiger partial charge in [-0.3, -0.25) is 9.59 Å². The lowest BCUT2D eigenvalue weighted by Gasteiger charge is -2.53. The van der Waals surface area contributed by atoms with Crippen LogP contribution in [0.15, 0.2) is 0 Å². The summed E-state index contributed by atoms with van der Waals surface area (Å²) in [7, 11) is 0. The second-order valence-electron chi connectivity index (χ2n) is 9.06. The first-order chi connectivity index (χ1) is 11.6. The van der Waals surface area contributed by atoms with E-state index in [1.54, 1.807) is 0 Å². The van der Waals surface area contributed by atoms with Crippen LogP contribution in [-0.4, -0.2) is 24.8 Å². The topological polar surface area (TPSA) is 90.9 Å². The normalized spacial score (nSPS) is 41.4. The van der Waals surface area contributed by atoms with Gasteiger partial charge < -0.3 is 4.74 Å². The van der Waals surface area contributed by atoms with E-state index in [9.17, 15) is 9.59 Å². The molecule has 25 heavy (non-hydrogen) atoms. The molecule has 4 atom stereocenters. The quantitative estimate of drug-likeness (QED) is 0.777. The number of ether oxygens (including phenoxy) is 1. The zero-order valence-corrected chi connectivity index (χ0v) is 15.8. The van der Waals surface area contributed by atoms with Crippen molar-refractivity contribution in [3.63, 3.8) is 0 Å². The highest BCUT2D eigenvalue weighted by atomic mass is 16.5. The highest BCUT2D eigenvalue weighted by molar-refractivity contribution is 5.96. The van der Waals surface area contributed by atoms with Crippen molar-refractivity contribution in [1.82, 2.24) is 0 Å². The number of ketones is 2. The Hall–Kier alpha value is -1.72. The van der Waals surface area contributed by atoms with Crippen molar-refractivity contribution in [3.8, 4) is 12.1 Å². The standard InChI is InChI=1S/C20H28N2O3/c1-17(7-5-9-21)11-19(3)13-25-14-20(4,16(19)24)12-18(2,15(17)23)8-6-10-22/h5-8,11-14H2,1-4H3. The number of hydrogen-bond acceptors (Lipinski definition) is 5. The van der Waals surface area contributed by atoms with Crippen LogP contribution < -0.4 is 0 Å². The van der Waals surface area contributed by atoms with Gasteiger partial charge in [-0.25, -0.2) is 0 Å². The molecule has 1 aliphatic heterocycles. The lowest BCUT2D eigenvalue weighted by atomic mass is 9.51. The Labute approximate surface area is 150 Å². The Kier molecular flexibility index (Phi) is 5.13. The number of nitrogens with zero attached hydrogens (tertiary/aromatic N) is 2. The smallest absolute Gasteiger partial charge is 0.149 e. The van der Waals surface area contributed by atoms with E-state index in [0.717, 1.165) is 0 Å². The van der Waals surface area contributed by atoms with E-state index < -0.39 is 21.7 Å². The average Bonchev–Trinajstić information content (AvgIpc) is 2.55. The SMILES string of the molecule is CC1(CCC#N)CC2(C)COCC(C)(CC(C)(CCC#N)C1=O)C2=O. The summed E-state index contributed by atoms with van der Waals surface area (Å²) in [5, 5.41) is 18.1. The summed E-state index contributed by atoms with van der Waals surface area (Å²) < 4.78 is 5.82. The van der Waals surface area contributed by atoms with Crippen molar-refractivity contribution in [1.29, 1.82) is 10.5 Å². The van der Waals surface area contributed by atoms with Gasteiger partial charge in [-0.2, -0.15) is 10.5 Å². The Morgan fingerprint density at radius 1 is 0.840 bits per heavy atom. The van der Waals surface area contributed by atoms with E-state index in [-0.39, 0.29) is 24.4 Å². The van der Waals surface area contributed by atoms with Crippen LogP contribution in [-0.2, 0) is 14.3 Å². The van der Waals surface area contributed by atoms with Crippen molar-refractivity contribution in [2.45, 2.75) is 66.2 Å². The molecule has 0 spiro atoms. The maximum absolute atomic E-state index is 13.6. The van der Waals surface area contributed by atoms with Gasteiger partial charge in [-0.15, -0.1) is 0 Å². The van der Waals surface area contributed by atoms with E-state index in [1.165, 1.54) is 0 Å². The van der Waals surface area contributed by atoms with Crippen LogP contribution in [0.25, 0.3) is 0 Å². The minimum Gasteiger partial charge on any atom is -0.379 e. The minimum absolute atomic E-state index is 0.0948. The third-order valence-electron chi connectivity index (χ3n) is 6.17. The van der Waals surface area contributed by atoms with E-state index in [2.05, 4.69) is 12.1 Å². The summed E-state index contributed by atoms with van der Waals surface area (Å²) >= 11 is 0. The first kappa shape index (κ1) is 19.6. The van der Waals surface area contributed by atoms with Gasteiger partial charge in [-0.05, 0) is 25.7 Å². The zero-order valence-electron chi connectivity index (χ0n) is 15.8. The van der Waals surface area contributed by atoms with Gasteiger partial charge in [-0.1, -0.05) is 27.7 Å². The molecule has 0 N–H and O–H groups in total. The van der Waals surface area contributed by atoms with Gasteiger partial charge in [0.05, 0.1) is 36.2 Å². The van der Waals surface area contributed by atoms with Crippen LogP contribution in [0.4, 0.5) is 0 Å². The lowest BCUT2D eigenvalue weighted by Crippen LogP contribution is -2.59. The van der Waals surface area contributed by atoms with Gasteiger partial charge in [0, 0.05) is 23.7 Å². The van der Waals surface area contributed by atoms with Crippen molar-refractivity contribution < 1.29 is 14.3 Å². The average molecular weight is 344 g/mol. The molecule has 1 saturated heterocycles. The molecule has 1 saturated carbocycles. The number of carbonyl (C=O) groups is 2. The van der Waals surface area contributed by atoms with Gasteiger partial charge in [0.25, 0.3) is 0 Å². The number of Topliss-reactive ketones (excluding diaryl/α,β-unsaturated/α-hetero) is 2. The number of fused-ring (bicyclic) bond motifs is 2. The van der Waals surface area contributed by atoms with E-state index in [4.69, 9.17) is 15.3 Å². The summed E-state index contributed by atoms with van der Waals surface area (Å²) in [5.41, 5.74) is -2.93. The fourth-order valence-corrected chi connectivity index (χ4v) is 5.30. The lowest BCUT2D eigenvalue weighted by molar-refractivity contribution is -0.174. The van der Waals surface area contributed by atoms with Crippen molar-refractivity contribution in [2.24, 2.45) is 21.7 Å². The molecular weight excluding hydrogens is 316 g/mol. The number of carbonyl (C=O) groups excluding carboxylic acids is 2. The summed E-state index contributed by atoms with van der Waals surface area (Å²) in [6, 6.07) is 4.27. The number of rotatable bonds is 4. The molecular formula is C20H28N2O3. The van der Waals surface area contributed by atoms with Gasteiger partial charge in [0.1, 0.15) is 11.6 Å². The van der Waals surface area contributed by atoms with E-state index in [0.29, 0.717) is 38.9 Å². The molecule has 0 aromatic carbocycles. The fraction of sp³-hybridized carbons (Fsp3) is 0.800. The minimum atomic E-state index is -0.758. The Morgan fingerprint density at radius 2 is 1.24 bits per heavy atom. The molecule has 2 aliphatic rings. The second-order valence-corrected chi connectivity index (χ2v) is 9.06. The number of nitriles is 2. The van der Waals surface area contributed by atoms with Crippen molar-refractivity contribution in [2.75, 3.05) is 13.2 Å². The second kappa shape index (κ2) is 6.54. The molecule has 2 fully saturated rings. The van der Waals surface area contributed by atoms with Crippen LogP contribution >= 0.6 is 0 Å². The summed E-state index contributed by atoms with van der Waals surface area (Å²) in [6.45, 7) is 8.20. The molecule has 2 bridgehead atoms. The molecule has 2 rings (SSSR count). The van der Waals surface area contributed by atoms with Crippen molar-refractivity contribution >= 4 is 11.6 Å². The fourth-order valence-electron chi connectivity index (χ4n) is 5.30. The monoisotopic (exact) mass is 344 g/mol. The maximum Gasteiger partial charge on any atom is 0.149 e. The van der Waals surface area contributed by atoms with Crippen LogP contribution in [0.3, 0.4) is 0 Å². The predicted molar refractivity (Wildman–Crippen MR) is 92.2 cm³/mol. The molecule has 0 aromatic rings. The van der Waals surface area contributed by atoms with E-state index in [1.807, 2.05) is 27.7 Å². The molecule has 1 aliphatic carbocycles. The Balaban J connectivity index is 2.54. The maximum atomic E-state index is 13.6. The molecule has 5 nitrogen and oxygen atoms in total. The third-order valence-corrected chi connectivity index (χ3v) is 6.17. The van der Waals surface area contributed by atoms with Gasteiger partial charge in [0.15, 0.2) is 0 Å². The van der Waals surface area contributed by atoms with Gasteiger partial charge in [0.2, 0.25) is 0 Å². The molecule has 0 amide bonds. The van der Waals surface area contributed by atoms with Crippen molar-refractivity contribution in [3.05, 3.63) is 0 Å². The summed E-state index contributed by atoms with van der Waals surface area (Å²) in [4.78, 5) is 26.9. The van der Waals surface area contributed by atoms with Crippen LogP contribution in [0.5, 0.6) is 0 Å². The molecule has 5 heteroatoms. The van der Waals surface area contributed by atoms with E-state index >= 15 is 0 Å². The highest BCUT2D eigenvalue weighted by Crippen LogP contribution is 2.55. The van der Waals surface area contributed by atoms with Crippen LogP contribution in [0, 0.1) is 44.3 Å². The Bertz CT molecular complexity index is 609. The summed E-state index contributed by atoms with van der Waals surface area (Å²) in [5.74, 6) is 0.252. The van der Waals surface area contributed by atoms with Crippen LogP contribution in [0.2, 0.25) is 0 Å². The first-order valence-corrected chi connectivity index (χ1v) is 8.97. The molecule has 0 aromatic heterocycles. The zero-order chi connectivity index (χ0) is 18.9. The predicted octanol–water partition coefficient (Wildman–Crippen LogP) is 3.58. The Morgan fingerprint density at radius 3 is 1.60 bits per heavy atom. The highest BCUT2D eigenvalue weighted by Gasteiger charge is 2.59. The third kappa shape index (κ3) is 3.35. The first-order valence-electron chi connectivity index (χ1n) is 8.97. The van der Waals surface area contributed by atoms with Crippen LogP contribution in [0.1, 0.15) is 66.2 Å². The molecule has 4 unspecified atom stereocenters. The van der Waals surface area contributed by atoms with Gasteiger partial charge >= 0.3 is 0 Å². The summed E-state index contributed by atoms with van der Waals surface area (Å²) in [6.07, 6.45) is 2.22. The molecule has 1 heterocycles. The molecule has 136 valence electrons. The largest absolute Gasteiger partial charge is 0.379 e. The number of hydrogen-bond donors (Lipinski definition) is 0. The molecule has 0 radical (unpaired) electrons.